The van der Waals surface area contributed by atoms with Gasteiger partial charge < -0.3 is 9.72 Å². The van der Waals surface area contributed by atoms with Gasteiger partial charge in [-0.1, -0.05) is 25.3 Å². The van der Waals surface area contributed by atoms with Crippen molar-refractivity contribution in [1.82, 2.24) is 14.7 Å². The van der Waals surface area contributed by atoms with E-state index in [9.17, 15) is 0 Å². The zero-order chi connectivity index (χ0) is 12.4. The number of aromatic nitrogens is 2. The lowest BCUT2D eigenvalue weighted by Gasteiger charge is -2.22. The third-order valence-corrected chi connectivity index (χ3v) is 3.92. The van der Waals surface area contributed by atoms with Crippen LogP contribution in [0.5, 0.6) is 0 Å². The fraction of sp³-hybridized carbons (Fsp3) is 0.533. The molecule has 2 aromatic rings. The number of nitrogens with zero attached hydrogens (tertiary/aromatic N) is 2. The van der Waals surface area contributed by atoms with Gasteiger partial charge in [-0.2, -0.15) is 0 Å². The first-order valence-corrected chi connectivity index (χ1v) is 7.00. The van der Waals surface area contributed by atoms with Gasteiger partial charge in [0.15, 0.2) is 0 Å². The molecule has 2 heterocycles. The van der Waals surface area contributed by atoms with E-state index in [4.69, 9.17) is 0 Å². The maximum atomic E-state index is 4.66. The van der Waals surface area contributed by atoms with Crippen LogP contribution in [0.25, 0.3) is 5.65 Å². The number of imidazole rings is 1. The third-order valence-electron chi connectivity index (χ3n) is 3.92. The summed E-state index contributed by atoms with van der Waals surface area (Å²) < 4.78 is 2.16. The number of hydrogen-bond donors (Lipinski definition) is 1. The van der Waals surface area contributed by atoms with E-state index in [-0.39, 0.29) is 0 Å². The number of rotatable bonds is 3. The van der Waals surface area contributed by atoms with Crippen LogP contribution in [0, 0.1) is 6.92 Å². The van der Waals surface area contributed by atoms with Crippen molar-refractivity contribution in [2.45, 2.75) is 51.6 Å². The minimum atomic E-state index is 0.699. The predicted molar refractivity (Wildman–Crippen MR) is 73.6 cm³/mol. The molecule has 0 aliphatic heterocycles. The van der Waals surface area contributed by atoms with Gasteiger partial charge >= 0.3 is 0 Å². The van der Waals surface area contributed by atoms with E-state index in [0.717, 1.165) is 17.9 Å². The summed E-state index contributed by atoms with van der Waals surface area (Å²) in [6.45, 7) is 3.01. The van der Waals surface area contributed by atoms with Crippen LogP contribution in [0.15, 0.2) is 24.4 Å². The Morgan fingerprint density at radius 2 is 2.11 bits per heavy atom. The Kier molecular flexibility index (Phi) is 3.33. The number of fused-ring (bicyclic) bond motifs is 1. The third kappa shape index (κ3) is 2.41. The van der Waals surface area contributed by atoms with Crippen molar-refractivity contribution in [1.29, 1.82) is 0 Å². The molecule has 0 atom stereocenters. The fourth-order valence-electron chi connectivity index (χ4n) is 2.84. The van der Waals surface area contributed by atoms with Crippen molar-refractivity contribution < 1.29 is 0 Å². The van der Waals surface area contributed by atoms with Crippen molar-refractivity contribution in [3.63, 3.8) is 0 Å². The van der Waals surface area contributed by atoms with E-state index in [1.807, 2.05) is 0 Å². The molecule has 1 aliphatic rings. The maximum absolute atomic E-state index is 4.66. The first-order chi connectivity index (χ1) is 8.83. The highest BCUT2D eigenvalue weighted by Crippen LogP contribution is 2.18. The van der Waals surface area contributed by atoms with Crippen molar-refractivity contribution in [2.75, 3.05) is 0 Å². The quantitative estimate of drug-likeness (QED) is 0.897. The molecule has 0 saturated heterocycles. The Labute approximate surface area is 108 Å². The predicted octanol–water partition coefficient (Wildman–Crippen LogP) is 3.07. The molecule has 3 rings (SSSR count). The van der Waals surface area contributed by atoms with E-state index in [1.54, 1.807) is 0 Å². The monoisotopic (exact) mass is 243 g/mol. The number of pyridine rings is 1. The minimum absolute atomic E-state index is 0.699. The summed E-state index contributed by atoms with van der Waals surface area (Å²) in [5, 5.41) is 3.64. The molecule has 2 aromatic heterocycles. The molecule has 0 amide bonds. The average Bonchev–Trinajstić information content (AvgIpc) is 2.82. The highest BCUT2D eigenvalue weighted by atomic mass is 15.0. The molecule has 0 bridgehead atoms. The smallest absolute Gasteiger partial charge is 0.137 e. The van der Waals surface area contributed by atoms with E-state index in [1.165, 1.54) is 37.8 Å². The molecule has 1 N–H and O–H groups in total. The van der Waals surface area contributed by atoms with Crippen LogP contribution in [0.3, 0.4) is 0 Å². The maximum Gasteiger partial charge on any atom is 0.137 e. The molecule has 0 spiro atoms. The Morgan fingerprint density at radius 1 is 1.28 bits per heavy atom. The van der Waals surface area contributed by atoms with Gasteiger partial charge in [0.2, 0.25) is 0 Å². The van der Waals surface area contributed by atoms with Gasteiger partial charge in [0.1, 0.15) is 5.65 Å². The molecule has 96 valence electrons. The minimum Gasteiger partial charge on any atom is -0.308 e. The van der Waals surface area contributed by atoms with Crippen molar-refractivity contribution in [3.8, 4) is 0 Å². The van der Waals surface area contributed by atoms with E-state index < -0.39 is 0 Å². The molecule has 3 nitrogen and oxygen atoms in total. The van der Waals surface area contributed by atoms with Gasteiger partial charge in [0.05, 0.1) is 5.69 Å². The Bertz CT molecular complexity index is 524. The van der Waals surface area contributed by atoms with Gasteiger partial charge in [-0.25, -0.2) is 4.98 Å². The van der Waals surface area contributed by atoms with Crippen LogP contribution in [0.2, 0.25) is 0 Å². The van der Waals surface area contributed by atoms with Crippen LogP contribution < -0.4 is 5.32 Å². The van der Waals surface area contributed by atoms with Gasteiger partial charge in [-0.3, -0.25) is 0 Å². The molecule has 1 fully saturated rings. The topological polar surface area (TPSA) is 29.3 Å². The van der Waals surface area contributed by atoms with Gasteiger partial charge in [0, 0.05) is 24.5 Å². The van der Waals surface area contributed by atoms with Gasteiger partial charge in [-0.15, -0.1) is 0 Å². The van der Waals surface area contributed by atoms with Crippen molar-refractivity contribution in [3.05, 3.63) is 35.8 Å². The van der Waals surface area contributed by atoms with Gasteiger partial charge in [0.25, 0.3) is 0 Å². The van der Waals surface area contributed by atoms with Crippen LogP contribution >= 0.6 is 0 Å². The molecular weight excluding hydrogens is 222 g/mol. The lowest BCUT2D eigenvalue weighted by atomic mass is 9.95. The highest BCUT2D eigenvalue weighted by molar-refractivity contribution is 5.41. The summed E-state index contributed by atoms with van der Waals surface area (Å²) >= 11 is 0. The molecule has 1 aliphatic carbocycles. The summed E-state index contributed by atoms with van der Waals surface area (Å²) in [4.78, 5) is 4.66. The molecule has 0 unspecified atom stereocenters. The second-order valence-corrected chi connectivity index (χ2v) is 5.34. The van der Waals surface area contributed by atoms with Crippen LogP contribution in [0.4, 0.5) is 0 Å². The summed E-state index contributed by atoms with van der Waals surface area (Å²) in [5.74, 6) is 0. The van der Waals surface area contributed by atoms with Crippen molar-refractivity contribution >= 4 is 5.65 Å². The average molecular weight is 243 g/mol. The Balaban J connectivity index is 1.69. The van der Waals surface area contributed by atoms with Crippen molar-refractivity contribution in [2.24, 2.45) is 0 Å². The van der Waals surface area contributed by atoms with Crippen LogP contribution in [-0.4, -0.2) is 15.4 Å². The summed E-state index contributed by atoms with van der Waals surface area (Å²) in [5.41, 5.74) is 3.44. The standard InChI is InChI=1S/C15H21N3/c1-12-6-5-9-15-17-14(11-18(12)15)10-16-13-7-3-2-4-8-13/h5-6,9,11,13,16H,2-4,7-8,10H2,1H3. The largest absolute Gasteiger partial charge is 0.308 e. The van der Waals surface area contributed by atoms with Crippen LogP contribution in [0.1, 0.15) is 43.5 Å². The summed E-state index contributed by atoms with van der Waals surface area (Å²) in [7, 11) is 0. The first-order valence-electron chi connectivity index (χ1n) is 7.00. The zero-order valence-corrected chi connectivity index (χ0v) is 11.0. The molecular formula is C15H21N3. The molecule has 0 aromatic carbocycles. The second-order valence-electron chi connectivity index (χ2n) is 5.34. The zero-order valence-electron chi connectivity index (χ0n) is 11.0. The fourth-order valence-corrected chi connectivity index (χ4v) is 2.84. The lowest BCUT2D eigenvalue weighted by Crippen LogP contribution is -2.30. The SMILES string of the molecule is Cc1cccc2nc(CNC3CCCCC3)cn12. The van der Waals surface area contributed by atoms with E-state index >= 15 is 0 Å². The molecule has 3 heteroatoms. The molecule has 0 radical (unpaired) electrons. The number of hydrogen-bond acceptors (Lipinski definition) is 2. The number of nitrogens with one attached hydrogen (secondary N) is 1. The Morgan fingerprint density at radius 3 is 2.89 bits per heavy atom. The normalized spacial score (nSPS) is 17.4. The number of aryl methyl sites for hydroxylation is 1. The molecule has 18 heavy (non-hydrogen) atoms. The van der Waals surface area contributed by atoms with E-state index in [2.05, 4.69) is 46.0 Å². The first kappa shape index (κ1) is 11.7. The second kappa shape index (κ2) is 5.11. The summed E-state index contributed by atoms with van der Waals surface area (Å²) in [6.07, 6.45) is 8.97. The van der Waals surface area contributed by atoms with E-state index in [0.29, 0.717) is 6.04 Å². The van der Waals surface area contributed by atoms with Gasteiger partial charge in [-0.05, 0) is 31.9 Å². The lowest BCUT2D eigenvalue weighted by molar-refractivity contribution is 0.371. The molecule has 1 saturated carbocycles. The Hall–Kier alpha value is -1.35. The van der Waals surface area contributed by atoms with Crippen LogP contribution in [-0.2, 0) is 6.54 Å². The highest BCUT2D eigenvalue weighted by Gasteiger charge is 2.13. The summed E-state index contributed by atoms with van der Waals surface area (Å²) in [6, 6.07) is 6.95.